The third kappa shape index (κ3) is 31.2. The molecule has 0 radical (unpaired) electrons. The Hall–Kier alpha value is 0.530. The Kier molecular flexibility index (Phi) is 14.9. The molecule has 5 heteroatoms. The van der Waals surface area contributed by atoms with Crippen LogP contribution in [0.4, 0.5) is 0 Å². The molecule has 0 heterocycles. The minimum Gasteiger partial charge on any atom is -0.293 e. The van der Waals surface area contributed by atoms with Crippen molar-refractivity contribution in [2.24, 2.45) is 0 Å². The third-order valence-corrected chi connectivity index (χ3v) is 0.691. The second kappa shape index (κ2) is 10.5. The smallest absolute Gasteiger partial charge is 0.226 e. The van der Waals surface area contributed by atoms with E-state index in [2.05, 4.69) is 20.5 Å². The Morgan fingerprint density at radius 1 is 1.75 bits per heavy atom. The van der Waals surface area contributed by atoms with Gasteiger partial charge in [0.2, 0.25) is 5.91 Å². The Morgan fingerprint density at radius 2 is 1.88 bits per heavy atom. The standard InChI is InChI=1S/C2H4BrNO.CH2Cl2/c1-2(5)4-3;2-1-3/h1H3,(H,4,5);1H2. The first-order valence-electron chi connectivity index (χ1n) is 1.68. The molecule has 0 fully saturated rings. The Balaban J connectivity index is 0. The van der Waals surface area contributed by atoms with E-state index in [4.69, 9.17) is 23.2 Å². The molecule has 1 N–H and O–H groups in total. The van der Waals surface area contributed by atoms with Crippen LogP contribution in [0, 0.1) is 0 Å². The van der Waals surface area contributed by atoms with Crippen LogP contribution < -0.4 is 4.34 Å². The zero-order valence-corrected chi connectivity index (χ0v) is 7.35. The molecule has 0 saturated heterocycles. The van der Waals surface area contributed by atoms with E-state index in [1.807, 2.05) is 0 Å². The van der Waals surface area contributed by atoms with Crippen molar-refractivity contribution in [3.8, 4) is 0 Å². The van der Waals surface area contributed by atoms with Crippen LogP contribution >= 0.6 is 39.3 Å². The molecule has 0 unspecified atom stereocenters. The highest BCUT2D eigenvalue weighted by atomic mass is 79.9. The summed E-state index contributed by atoms with van der Waals surface area (Å²) in [5, 5.41) is 0.194. The van der Waals surface area contributed by atoms with Crippen LogP contribution in [0.3, 0.4) is 0 Å². The topological polar surface area (TPSA) is 29.1 Å². The number of hydrogen-bond donors (Lipinski definition) is 1. The van der Waals surface area contributed by atoms with Crippen LogP contribution in [-0.2, 0) is 4.79 Å². The van der Waals surface area contributed by atoms with Crippen molar-refractivity contribution in [1.29, 1.82) is 0 Å². The fourth-order valence-electron chi connectivity index (χ4n) is 0. The number of rotatable bonds is 0. The predicted octanol–water partition coefficient (Wildman–Crippen LogP) is 1.85. The molecule has 2 nitrogen and oxygen atoms in total. The van der Waals surface area contributed by atoms with Crippen molar-refractivity contribution in [3.05, 3.63) is 0 Å². The van der Waals surface area contributed by atoms with E-state index < -0.39 is 0 Å². The largest absolute Gasteiger partial charge is 0.293 e. The molecule has 50 valence electrons. The predicted molar refractivity (Wildman–Crippen MR) is 39.3 cm³/mol. The lowest BCUT2D eigenvalue weighted by molar-refractivity contribution is -0.116. The summed E-state index contributed by atoms with van der Waals surface area (Å²) in [7, 11) is 0. The monoisotopic (exact) mass is 221 g/mol. The van der Waals surface area contributed by atoms with E-state index in [-0.39, 0.29) is 11.2 Å². The van der Waals surface area contributed by atoms with Gasteiger partial charge in [-0.25, -0.2) is 0 Å². The van der Waals surface area contributed by atoms with Gasteiger partial charge in [0, 0.05) is 23.1 Å². The zero-order valence-electron chi connectivity index (χ0n) is 4.25. The Bertz CT molecular complexity index is 61.2. The van der Waals surface area contributed by atoms with Crippen LogP contribution in [0.25, 0.3) is 0 Å². The van der Waals surface area contributed by atoms with Gasteiger partial charge in [-0.3, -0.25) is 9.14 Å². The SMILES string of the molecule is CC(=O)NBr.ClCCl. The van der Waals surface area contributed by atoms with Crippen LogP contribution in [0.15, 0.2) is 0 Å². The van der Waals surface area contributed by atoms with Crippen LogP contribution in [-0.4, -0.2) is 11.2 Å². The van der Waals surface area contributed by atoms with E-state index in [9.17, 15) is 4.79 Å². The molecule has 1 amide bonds. The van der Waals surface area contributed by atoms with Gasteiger partial charge < -0.3 is 0 Å². The number of nitrogens with one attached hydrogen (secondary N) is 1. The first kappa shape index (κ1) is 11.3. The van der Waals surface area contributed by atoms with Crippen LogP contribution in [0.1, 0.15) is 6.92 Å². The van der Waals surface area contributed by atoms with Gasteiger partial charge in [-0.15, -0.1) is 23.2 Å². The summed E-state index contributed by atoms with van der Waals surface area (Å²) < 4.78 is 2.20. The minimum absolute atomic E-state index is 0.0787. The summed E-state index contributed by atoms with van der Waals surface area (Å²) in [4.78, 5) is 9.65. The molecule has 0 saturated carbocycles. The van der Waals surface area contributed by atoms with Gasteiger partial charge in [0.15, 0.2) is 0 Å². The van der Waals surface area contributed by atoms with Gasteiger partial charge in [-0.05, 0) is 0 Å². The average Bonchev–Trinajstić information content (AvgIpc) is 1.69. The maximum Gasteiger partial charge on any atom is 0.226 e. The maximum absolute atomic E-state index is 9.65. The molecular formula is C3H6BrCl2NO. The quantitative estimate of drug-likeness (QED) is 0.492. The molecular weight excluding hydrogens is 217 g/mol. The zero-order chi connectivity index (χ0) is 6.99. The second-order valence-electron chi connectivity index (χ2n) is 0.752. The average molecular weight is 223 g/mol. The Morgan fingerprint density at radius 3 is 1.88 bits per heavy atom. The fraction of sp³-hybridized carbons (Fsp3) is 0.667. The molecule has 0 aliphatic rings. The molecule has 0 aromatic rings. The molecule has 0 bridgehead atoms. The number of alkyl halides is 2. The highest BCUT2D eigenvalue weighted by molar-refractivity contribution is 9.08. The van der Waals surface area contributed by atoms with Gasteiger partial charge in [0.25, 0.3) is 0 Å². The summed E-state index contributed by atoms with van der Waals surface area (Å²) in [5.41, 5.74) is 0. The summed E-state index contributed by atoms with van der Waals surface area (Å²) in [6, 6.07) is 0. The lowest BCUT2D eigenvalue weighted by atomic mass is 10.8. The van der Waals surface area contributed by atoms with Gasteiger partial charge in [0.1, 0.15) is 0 Å². The highest BCUT2D eigenvalue weighted by Crippen LogP contribution is 1.73. The van der Waals surface area contributed by atoms with Crippen molar-refractivity contribution in [2.45, 2.75) is 6.92 Å². The van der Waals surface area contributed by atoms with Gasteiger partial charge in [-0.2, -0.15) is 0 Å². The summed E-state index contributed by atoms with van der Waals surface area (Å²) >= 11 is 12.2. The van der Waals surface area contributed by atoms with Crippen LogP contribution in [0.2, 0.25) is 0 Å². The van der Waals surface area contributed by atoms with E-state index in [1.54, 1.807) is 0 Å². The van der Waals surface area contributed by atoms with Gasteiger partial charge in [0.05, 0.1) is 5.34 Å². The Labute approximate surface area is 66.9 Å². The fourth-order valence-corrected chi connectivity index (χ4v) is 0. The molecule has 0 spiro atoms. The van der Waals surface area contributed by atoms with Crippen molar-refractivity contribution < 1.29 is 4.79 Å². The maximum atomic E-state index is 9.65. The number of carbonyl (C=O) groups excluding carboxylic acids is 1. The first-order valence-corrected chi connectivity index (χ1v) is 3.54. The molecule has 8 heavy (non-hydrogen) atoms. The van der Waals surface area contributed by atoms with E-state index in [0.717, 1.165) is 0 Å². The number of hydrogen-bond acceptors (Lipinski definition) is 1. The summed E-state index contributed by atoms with van der Waals surface area (Å²) in [6.45, 7) is 1.43. The lowest BCUT2D eigenvalue weighted by Gasteiger charge is -1.76. The molecule has 0 aromatic carbocycles. The summed E-state index contributed by atoms with van der Waals surface area (Å²) in [5.74, 6) is -0.0787. The molecule has 0 aliphatic carbocycles. The second-order valence-corrected chi connectivity index (χ2v) is 1.96. The van der Waals surface area contributed by atoms with Gasteiger partial charge >= 0.3 is 0 Å². The van der Waals surface area contributed by atoms with E-state index >= 15 is 0 Å². The highest BCUT2D eigenvalue weighted by Gasteiger charge is 1.75. The molecule has 0 aliphatic heterocycles. The van der Waals surface area contributed by atoms with Crippen molar-refractivity contribution in [1.82, 2.24) is 4.34 Å². The van der Waals surface area contributed by atoms with Gasteiger partial charge in [-0.1, -0.05) is 0 Å². The number of carbonyl (C=O) groups is 1. The molecule has 0 rings (SSSR count). The van der Waals surface area contributed by atoms with Crippen molar-refractivity contribution in [2.75, 3.05) is 5.34 Å². The lowest BCUT2D eigenvalue weighted by Crippen LogP contribution is -2.03. The van der Waals surface area contributed by atoms with Crippen molar-refractivity contribution in [3.63, 3.8) is 0 Å². The van der Waals surface area contributed by atoms with Crippen LogP contribution in [0.5, 0.6) is 0 Å². The first-order chi connectivity index (χ1) is 3.68. The number of halogens is 3. The van der Waals surface area contributed by atoms with E-state index in [1.165, 1.54) is 6.92 Å². The van der Waals surface area contributed by atoms with Crippen molar-refractivity contribution >= 4 is 45.3 Å². The summed E-state index contributed by atoms with van der Waals surface area (Å²) in [6.07, 6.45) is 0. The normalized spacial score (nSPS) is 6.50. The minimum atomic E-state index is -0.0787. The molecule has 0 atom stereocenters. The number of amides is 1. The third-order valence-electron chi connectivity index (χ3n) is 0.133. The van der Waals surface area contributed by atoms with E-state index in [0.29, 0.717) is 0 Å². The molecule has 0 aromatic heterocycles.